The van der Waals surface area contributed by atoms with Crippen LogP contribution in [0, 0.1) is 5.92 Å². The van der Waals surface area contributed by atoms with Gasteiger partial charge in [0.25, 0.3) is 5.91 Å². The van der Waals surface area contributed by atoms with Crippen molar-refractivity contribution >= 4 is 23.3 Å². The molecule has 2 amide bonds. The third kappa shape index (κ3) is 5.82. The summed E-state index contributed by atoms with van der Waals surface area (Å²) in [5.74, 6) is 0.411. The van der Waals surface area contributed by atoms with E-state index in [1.165, 1.54) is 0 Å². The minimum atomic E-state index is -0.711. The Hall–Kier alpha value is -4.60. The molecule has 2 aromatic carbocycles. The highest BCUT2D eigenvalue weighted by Gasteiger charge is 2.39. The van der Waals surface area contributed by atoms with Crippen molar-refractivity contribution in [2.45, 2.75) is 63.5 Å². The summed E-state index contributed by atoms with van der Waals surface area (Å²) in [5, 5.41) is 16.5. The van der Waals surface area contributed by atoms with E-state index >= 15 is 0 Å². The van der Waals surface area contributed by atoms with Crippen LogP contribution in [0.15, 0.2) is 66.7 Å². The number of hydrogen-bond acceptors (Lipinski definition) is 6. The number of fused-ring (bicyclic) bond motifs is 1. The van der Waals surface area contributed by atoms with Crippen LogP contribution in [0.1, 0.15) is 71.2 Å². The lowest BCUT2D eigenvalue weighted by Gasteiger charge is -2.25. The zero-order valence-corrected chi connectivity index (χ0v) is 22.8. The summed E-state index contributed by atoms with van der Waals surface area (Å²) >= 11 is 0. The second-order valence-corrected chi connectivity index (χ2v) is 11.0. The van der Waals surface area contributed by atoms with Gasteiger partial charge in [-0.05, 0) is 48.1 Å². The molecule has 6 rings (SSSR count). The van der Waals surface area contributed by atoms with Crippen molar-refractivity contribution in [2.75, 3.05) is 4.90 Å². The normalized spacial score (nSPS) is 17.4. The predicted octanol–water partition coefficient (Wildman–Crippen LogP) is 3.89. The predicted molar refractivity (Wildman–Crippen MR) is 152 cm³/mol. The van der Waals surface area contributed by atoms with Gasteiger partial charge in [-0.3, -0.25) is 19.3 Å². The van der Waals surface area contributed by atoms with Gasteiger partial charge in [-0.2, -0.15) is 5.21 Å². The van der Waals surface area contributed by atoms with E-state index < -0.39 is 6.04 Å². The maximum absolute atomic E-state index is 14.0. The summed E-state index contributed by atoms with van der Waals surface area (Å²) in [6.45, 7) is 0.108. The van der Waals surface area contributed by atoms with E-state index in [4.69, 9.17) is 0 Å². The maximum atomic E-state index is 14.0. The van der Waals surface area contributed by atoms with Crippen molar-refractivity contribution in [3.63, 3.8) is 0 Å². The van der Waals surface area contributed by atoms with Gasteiger partial charge in [-0.15, -0.1) is 10.2 Å². The van der Waals surface area contributed by atoms with Gasteiger partial charge in [0.1, 0.15) is 17.5 Å². The average molecular weight is 552 g/mol. The van der Waals surface area contributed by atoms with Gasteiger partial charge < -0.3 is 10.3 Å². The molecule has 10 nitrogen and oxygen atoms in total. The fraction of sp³-hybridized carbons (Fsp3) is 0.355. The fourth-order valence-corrected chi connectivity index (χ4v) is 6.30. The van der Waals surface area contributed by atoms with Crippen molar-refractivity contribution < 1.29 is 14.4 Å². The zero-order valence-electron chi connectivity index (χ0n) is 22.8. The van der Waals surface area contributed by atoms with E-state index in [-0.39, 0.29) is 30.1 Å². The molecule has 1 aliphatic carbocycles. The van der Waals surface area contributed by atoms with Gasteiger partial charge in [0.05, 0.1) is 6.54 Å². The molecule has 3 N–H and O–H groups in total. The fourth-order valence-electron chi connectivity index (χ4n) is 6.30. The maximum Gasteiger partial charge on any atom is 0.275 e. The third-order valence-corrected chi connectivity index (χ3v) is 8.31. The molecule has 2 aliphatic rings. The lowest BCUT2D eigenvalue weighted by Crippen LogP contribution is -2.48. The second-order valence-electron chi connectivity index (χ2n) is 11.0. The standard InChI is InChI=1S/C31H33N7O3/c39-23(16-20-8-2-1-3-9-20)18-24(21-10-4-5-11-21)25-14-15-26(33-25)31(41)38-27-13-7-6-12-22(27)17-28(38)30(40)32-19-29-34-36-37-35-29/h1-3,6-9,12-15,21,24,28,33H,4-5,10-11,16-19H2,(H,32,40)(H,34,35,36,37)/t24-,28+/m1/s1. The molecule has 1 fully saturated rings. The van der Waals surface area contributed by atoms with Crippen LogP contribution in [0.3, 0.4) is 0 Å². The number of amides is 2. The molecule has 2 aromatic heterocycles. The number of para-hydroxylation sites is 1. The Balaban J connectivity index is 1.22. The molecule has 0 spiro atoms. The van der Waals surface area contributed by atoms with E-state index in [2.05, 4.69) is 30.9 Å². The van der Waals surface area contributed by atoms with E-state index in [1.54, 1.807) is 11.0 Å². The number of tetrazole rings is 1. The van der Waals surface area contributed by atoms with E-state index in [0.29, 0.717) is 36.7 Å². The van der Waals surface area contributed by atoms with Crippen LogP contribution >= 0.6 is 0 Å². The zero-order chi connectivity index (χ0) is 28.2. The molecule has 3 heterocycles. The Morgan fingerprint density at radius 3 is 2.54 bits per heavy atom. The lowest BCUT2D eigenvalue weighted by atomic mass is 9.83. The molecule has 4 aromatic rings. The number of Topliss-reactive ketones (excluding diaryl/α,β-unsaturated/α-hetero) is 1. The summed E-state index contributed by atoms with van der Waals surface area (Å²) < 4.78 is 0. The first-order valence-electron chi connectivity index (χ1n) is 14.2. The largest absolute Gasteiger partial charge is 0.354 e. The SMILES string of the molecule is O=C(Cc1ccccc1)C[C@@H](c1ccc(C(=O)N2c3ccccc3C[C@H]2C(=O)NCc2nn[nH]n2)[nH]1)C1CCCC1. The highest BCUT2D eigenvalue weighted by Crippen LogP contribution is 2.40. The molecule has 0 bridgehead atoms. The molecule has 1 aliphatic heterocycles. The van der Waals surface area contributed by atoms with E-state index in [1.807, 2.05) is 60.7 Å². The molecule has 0 unspecified atom stereocenters. The Kier molecular flexibility index (Phi) is 7.71. The Labute approximate surface area is 237 Å². The summed E-state index contributed by atoms with van der Waals surface area (Å²) in [7, 11) is 0. The van der Waals surface area contributed by atoms with Crippen LogP contribution in [-0.2, 0) is 29.0 Å². The van der Waals surface area contributed by atoms with Gasteiger partial charge in [0.15, 0.2) is 5.82 Å². The number of rotatable bonds is 10. The summed E-state index contributed by atoms with van der Waals surface area (Å²) in [6, 6.07) is 20.4. The van der Waals surface area contributed by atoms with Crippen LogP contribution in [0.2, 0.25) is 0 Å². The first-order chi connectivity index (χ1) is 20.1. The van der Waals surface area contributed by atoms with Crippen molar-refractivity contribution in [2.24, 2.45) is 5.92 Å². The lowest BCUT2D eigenvalue weighted by molar-refractivity contribution is -0.122. The molecule has 2 atom stereocenters. The van der Waals surface area contributed by atoms with Gasteiger partial charge >= 0.3 is 0 Å². The Morgan fingerprint density at radius 1 is 0.976 bits per heavy atom. The molecule has 41 heavy (non-hydrogen) atoms. The average Bonchev–Trinajstić information content (AvgIpc) is 3.81. The number of nitrogens with zero attached hydrogens (tertiary/aromatic N) is 4. The smallest absolute Gasteiger partial charge is 0.275 e. The molecule has 0 radical (unpaired) electrons. The van der Waals surface area contributed by atoms with Crippen LogP contribution in [0.5, 0.6) is 0 Å². The van der Waals surface area contributed by atoms with Crippen molar-refractivity contribution in [3.05, 3.63) is 95.1 Å². The summed E-state index contributed by atoms with van der Waals surface area (Å²) in [5.41, 5.74) is 3.99. The van der Waals surface area contributed by atoms with Crippen LogP contribution in [0.25, 0.3) is 0 Å². The Bertz CT molecular complexity index is 1510. The number of aromatic nitrogens is 5. The molecule has 1 saturated carbocycles. The number of carbonyl (C=O) groups is 3. The number of nitrogens with one attached hydrogen (secondary N) is 3. The van der Waals surface area contributed by atoms with Gasteiger partial charge in [0, 0.05) is 36.6 Å². The van der Waals surface area contributed by atoms with Crippen LogP contribution < -0.4 is 10.2 Å². The number of hydrogen-bond donors (Lipinski definition) is 3. The van der Waals surface area contributed by atoms with E-state index in [0.717, 1.165) is 48.2 Å². The molecule has 0 saturated heterocycles. The number of carbonyl (C=O) groups excluding carboxylic acids is 3. The molecule has 210 valence electrons. The first kappa shape index (κ1) is 26.6. The number of anilines is 1. The highest BCUT2D eigenvalue weighted by molar-refractivity contribution is 6.10. The number of aromatic amines is 2. The monoisotopic (exact) mass is 551 g/mol. The number of ketones is 1. The first-order valence-corrected chi connectivity index (χ1v) is 14.2. The molecule has 10 heteroatoms. The third-order valence-electron chi connectivity index (χ3n) is 8.31. The van der Waals surface area contributed by atoms with Gasteiger partial charge in [-0.25, -0.2) is 0 Å². The minimum Gasteiger partial charge on any atom is -0.354 e. The summed E-state index contributed by atoms with van der Waals surface area (Å²) in [6.07, 6.45) is 5.72. The molecular formula is C31H33N7O3. The minimum absolute atomic E-state index is 0.0233. The molecular weight excluding hydrogens is 518 g/mol. The van der Waals surface area contributed by atoms with Crippen molar-refractivity contribution in [3.8, 4) is 0 Å². The quantitative estimate of drug-likeness (QED) is 0.274. The Morgan fingerprint density at radius 2 is 1.76 bits per heavy atom. The van der Waals surface area contributed by atoms with Crippen LogP contribution in [-0.4, -0.2) is 49.2 Å². The van der Waals surface area contributed by atoms with Gasteiger partial charge in [0.2, 0.25) is 5.91 Å². The van der Waals surface area contributed by atoms with Crippen molar-refractivity contribution in [1.29, 1.82) is 0 Å². The van der Waals surface area contributed by atoms with Gasteiger partial charge in [-0.1, -0.05) is 66.6 Å². The summed E-state index contributed by atoms with van der Waals surface area (Å²) in [4.78, 5) is 45.4. The van der Waals surface area contributed by atoms with Crippen molar-refractivity contribution in [1.82, 2.24) is 30.9 Å². The second kappa shape index (κ2) is 11.9. The topological polar surface area (TPSA) is 137 Å². The highest BCUT2D eigenvalue weighted by atomic mass is 16.2. The van der Waals surface area contributed by atoms with E-state index in [9.17, 15) is 14.4 Å². The number of benzene rings is 2. The van der Waals surface area contributed by atoms with Crippen LogP contribution in [0.4, 0.5) is 5.69 Å². The number of H-pyrrole nitrogens is 2.